The number of rotatable bonds is 4. The van der Waals surface area contributed by atoms with Gasteiger partial charge in [0.1, 0.15) is 17.5 Å². The standard InChI is InChI=1S/C19H18BrN3O2/c20-17-11-16(7-4-13(17)12-21)25-15-8-5-14(6-9-15)23-19(24)18-3-1-2-10-22-18/h1-4,7,10-11,14-15H,5-6,8-9H2,(H,23,24). The quantitative estimate of drug-likeness (QED) is 0.847. The molecule has 1 saturated carbocycles. The Hall–Kier alpha value is -2.39. The minimum Gasteiger partial charge on any atom is -0.490 e. The third-order valence-corrected chi connectivity index (χ3v) is 4.93. The van der Waals surface area contributed by atoms with Gasteiger partial charge in [0.25, 0.3) is 5.91 Å². The third kappa shape index (κ3) is 4.58. The predicted octanol–water partition coefficient (Wildman–Crippen LogP) is 3.84. The summed E-state index contributed by atoms with van der Waals surface area (Å²) < 4.78 is 6.75. The average molecular weight is 400 g/mol. The first-order valence-corrected chi connectivity index (χ1v) is 9.03. The average Bonchev–Trinajstić information content (AvgIpc) is 2.64. The molecule has 0 bridgehead atoms. The number of nitriles is 1. The molecular formula is C19H18BrN3O2. The number of ether oxygens (including phenoxy) is 1. The molecule has 128 valence electrons. The topological polar surface area (TPSA) is 75.0 Å². The number of amides is 1. The summed E-state index contributed by atoms with van der Waals surface area (Å²) in [5.41, 5.74) is 1.04. The highest BCUT2D eigenvalue weighted by Gasteiger charge is 2.24. The van der Waals surface area contributed by atoms with Crippen molar-refractivity contribution in [3.8, 4) is 11.8 Å². The molecule has 0 aliphatic heterocycles. The SMILES string of the molecule is N#Cc1ccc(OC2CCC(NC(=O)c3ccccn3)CC2)cc1Br. The second-order valence-electron chi connectivity index (χ2n) is 6.03. The van der Waals surface area contributed by atoms with Crippen molar-refractivity contribution < 1.29 is 9.53 Å². The van der Waals surface area contributed by atoms with E-state index in [4.69, 9.17) is 10.00 Å². The molecule has 0 atom stereocenters. The van der Waals surface area contributed by atoms with Crippen LogP contribution in [0.2, 0.25) is 0 Å². The number of hydrogen-bond acceptors (Lipinski definition) is 4. The predicted molar refractivity (Wildman–Crippen MR) is 97.2 cm³/mol. The van der Waals surface area contributed by atoms with Crippen molar-refractivity contribution in [3.63, 3.8) is 0 Å². The van der Waals surface area contributed by atoms with Crippen molar-refractivity contribution in [3.05, 3.63) is 58.3 Å². The molecule has 1 aromatic carbocycles. The largest absolute Gasteiger partial charge is 0.490 e. The van der Waals surface area contributed by atoms with Gasteiger partial charge in [-0.2, -0.15) is 5.26 Å². The number of carbonyl (C=O) groups is 1. The minimum absolute atomic E-state index is 0.124. The molecule has 1 N–H and O–H groups in total. The van der Waals surface area contributed by atoms with Crippen LogP contribution in [0.15, 0.2) is 47.1 Å². The number of halogens is 1. The van der Waals surface area contributed by atoms with E-state index in [1.54, 1.807) is 24.4 Å². The van der Waals surface area contributed by atoms with E-state index < -0.39 is 0 Å². The number of nitrogens with one attached hydrogen (secondary N) is 1. The van der Waals surface area contributed by atoms with Gasteiger partial charge in [-0.15, -0.1) is 0 Å². The van der Waals surface area contributed by atoms with E-state index in [1.165, 1.54) is 0 Å². The lowest BCUT2D eigenvalue weighted by Gasteiger charge is -2.29. The monoisotopic (exact) mass is 399 g/mol. The van der Waals surface area contributed by atoms with E-state index in [0.717, 1.165) is 35.9 Å². The van der Waals surface area contributed by atoms with Crippen LogP contribution in [0.1, 0.15) is 41.7 Å². The van der Waals surface area contributed by atoms with Crippen LogP contribution in [-0.4, -0.2) is 23.0 Å². The van der Waals surface area contributed by atoms with Crippen LogP contribution in [0.3, 0.4) is 0 Å². The summed E-state index contributed by atoms with van der Waals surface area (Å²) >= 11 is 3.38. The van der Waals surface area contributed by atoms with Crippen LogP contribution in [0.25, 0.3) is 0 Å². The molecule has 5 nitrogen and oxygen atoms in total. The number of pyridine rings is 1. The third-order valence-electron chi connectivity index (χ3n) is 4.27. The highest BCUT2D eigenvalue weighted by Crippen LogP contribution is 2.27. The Morgan fingerprint density at radius 2 is 2.04 bits per heavy atom. The second kappa shape index (κ2) is 8.13. The van der Waals surface area contributed by atoms with Gasteiger partial charge < -0.3 is 10.1 Å². The molecule has 25 heavy (non-hydrogen) atoms. The van der Waals surface area contributed by atoms with Crippen LogP contribution in [0.5, 0.6) is 5.75 Å². The molecule has 0 saturated heterocycles. The molecule has 2 aromatic rings. The number of carbonyl (C=O) groups excluding carboxylic acids is 1. The first kappa shape index (κ1) is 17.4. The number of nitrogens with zero attached hydrogens (tertiary/aromatic N) is 2. The number of hydrogen-bond donors (Lipinski definition) is 1. The van der Waals surface area contributed by atoms with Crippen molar-refractivity contribution >= 4 is 21.8 Å². The molecule has 1 amide bonds. The Balaban J connectivity index is 1.50. The normalized spacial score (nSPS) is 19.7. The van der Waals surface area contributed by atoms with Crippen molar-refractivity contribution in [2.24, 2.45) is 0 Å². The molecule has 0 spiro atoms. The maximum atomic E-state index is 12.1. The maximum absolute atomic E-state index is 12.1. The first-order chi connectivity index (χ1) is 12.2. The van der Waals surface area contributed by atoms with Gasteiger partial charge in [-0.25, -0.2) is 0 Å². The molecule has 0 radical (unpaired) electrons. The summed E-state index contributed by atoms with van der Waals surface area (Å²) in [5.74, 6) is 0.632. The Bertz CT molecular complexity index is 781. The summed E-state index contributed by atoms with van der Waals surface area (Å²) in [6, 6.07) is 13.0. The minimum atomic E-state index is -0.124. The van der Waals surface area contributed by atoms with Gasteiger partial charge in [-0.1, -0.05) is 6.07 Å². The van der Waals surface area contributed by atoms with Gasteiger partial charge >= 0.3 is 0 Å². The van der Waals surface area contributed by atoms with E-state index in [1.807, 2.05) is 18.2 Å². The summed E-state index contributed by atoms with van der Waals surface area (Å²) in [6.07, 6.45) is 5.26. The lowest BCUT2D eigenvalue weighted by atomic mass is 9.93. The van der Waals surface area contributed by atoms with Crippen LogP contribution in [0, 0.1) is 11.3 Å². The van der Waals surface area contributed by atoms with Gasteiger partial charge in [-0.05, 0) is 71.9 Å². The summed E-state index contributed by atoms with van der Waals surface area (Å²) in [4.78, 5) is 16.2. The molecule has 1 aliphatic carbocycles. The van der Waals surface area contributed by atoms with Gasteiger partial charge in [0.15, 0.2) is 0 Å². The molecule has 1 aliphatic rings. The fourth-order valence-electron chi connectivity index (χ4n) is 2.93. The highest BCUT2D eigenvalue weighted by atomic mass is 79.9. The zero-order chi connectivity index (χ0) is 17.6. The van der Waals surface area contributed by atoms with Crippen molar-refractivity contribution in [2.75, 3.05) is 0 Å². The molecule has 1 fully saturated rings. The summed E-state index contributed by atoms with van der Waals surface area (Å²) in [7, 11) is 0. The smallest absolute Gasteiger partial charge is 0.270 e. The summed E-state index contributed by atoms with van der Waals surface area (Å²) in [6.45, 7) is 0. The second-order valence-corrected chi connectivity index (χ2v) is 6.89. The lowest BCUT2D eigenvalue weighted by molar-refractivity contribution is 0.0889. The molecule has 6 heteroatoms. The molecule has 0 unspecified atom stereocenters. The van der Waals surface area contributed by atoms with Crippen molar-refractivity contribution in [1.82, 2.24) is 10.3 Å². The fourth-order valence-corrected chi connectivity index (χ4v) is 3.38. The van der Waals surface area contributed by atoms with Crippen LogP contribution >= 0.6 is 15.9 Å². The Labute approximate surface area is 155 Å². The maximum Gasteiger partial charge on any atom is 0.270 e. The van der Waals surface area contributed by atoms with Crippen LogP contribution in [-0.2, 0) is 0 Å². The van der Waals surface area contributed by atoms with Crippen LogP contribution in [0.4, 0.5) is 0 Å². The zero-order valence-electron chi connectivity index (χ0n) is 13.6. The lowest BCUT2D eigenvalue weighted by Crippen LogP contribution is -2.40. The van der Waals surface area contributed by atoms with E-state index >= 15 is 0 Å². The Morgan fingerprint density at radius 1 is 1.24 bits per heavy atom. The highest BCUT2D eigenvalue weighted by molar-refractivity contribution is 9.10. The molecule has 1 heterocycles. The van der Waals surface area contributed by atoms with Crippen molar-refractivity contribution in [1.29, 1.82) is 5.26 Å². The van der Waals surface area contributed by atoms with Gasteiger partial charge in [0, 0.05) is 16.7 Å². The van der Waals surface area contributed by atoms with E-state index in [-0.39, 0.29) is 18.1 Å². The van der Waals surface area contributed by atoms with E-state index in [2.05, 4.69) is 32.3 Å². The van der Waals surface area contributed by atoms with E-state index in [0.29, 0.717) is 11.3 Å². The van der Waals surface area contributed by atoms with Crippen molar-refractivity contribution in [2.45, 2.75) is 37.8 Å². The fraction of sp³-hybridized carbons (Fsp3) is 0.316. The van der Waals surface area contributed by atoms with Gasteiger partial charge in [0.2, 0.25) is 0 Å². The summed E-state index contributed by atoms with van der Waals surface area (Å²) in [5, 5.41) is 12.0. The zero-order valence-corrected chi connectivity index (χ0v) is 15.2. The van der Waals surface area contributed by atoms with Gasteiger partial charge in [0.05, 0.1) is 11.7 Å². The first-order valence-electron chi connectivity index (χ1n) is 8.24. The molecular weight excluding hydrogens is 382 g/mol. The molecule has 3 rings (SSSR count). The molecule has 1 aromatic heterocycles. The number of aromatic nitrogens is 1. The number of benzene rings is 1. The van der Waals surface area contributed by atoms with Crippen LogP contribution < -0.4 is 10.1 Å². The Morgan fingerprint density at radius 3 is 2.68 bits per heavy atom. The van der Waals surface area contributed by atoms with E-state index in [9.17, 15) is 4.79 Å². The Kier molecular flexibility index (Phi) is 5.67. The van der Waals surface area contributed by atoms with Gasteiger partial charge in [-0.3, -0.25) is 9.78 Å².